The van der Waals surface area contributed by atoms with Gasteiger partial charge in [-0.15, -0.1) is 0 Å². The van der Waals surface area contributed by atoms with Crippen molar-refractivity contribution in [1.82, 2.24) is 0 Å². The molecule has 0 fully saturated rings. The molecule has 0 bridgehead atoms. The highest BCUT2D eigenvalue weighted by atomic mass is 16.3. The summed E-state index contributed by atoms with van der Waals surface area (Å²) in [5.41, 5.74) is 0.630. The molecule has 0 aromatic heterocycles. The first-order chi connectivity index (χ1) is 6.00. The topological polar surface area (TPSA) is 57.5 Å². The van der Waals surface area contributed by atoms with Crippen molar-refractivity contribution in [3.63, 3.8) is 0 Å². The molecule has 2 N–H and O–H groups in total. The van der Waals surface area contributed by atoms with Crippen LogP contribution in [0.1, 0.15) is 25.3 Å². The summed E-state index contributed by atoms with van der Waals surface area (Å²) in [7, 11) is 0. The maximum atomic E-state index is 11.0. The van der Waals surface area contributed by atoms with Gasteiger partial charge < -0.3 is 10.2 Å². The van der Waals surface area contributed by atoms with Crippen molar-refractivity contribution in [2.45, 2.75) is 19.8 Å². The number of phenolic OH excluding ortho intramolecular Hbond substituents is 2. The average molecular weight is 180 g/mol. The van der Waals surface area contributed by atoms with Crippen LogP contribution in [0, 0.1) is 0 Å². The van der Waals surface area contributed by atoms with E-state index in [1.165, 1.54) is 25.1 Å². The number of carbonyl (C=O) groups excluding carboxylic acids is 1. The molecule has 0 amide bonds. The number of benzene rings is 1. The Hall–Kier alpha value is -1.51. The van der Waals surface area contributed by atoms with E-state index < -0.39 is 0 Å². The number of aromatic hydroxyl groups is 2. The molecule has 0 aliphatic heterocycles. The first-order valence-electron chi connectivity index (χ1n) is 4.04. The molecule has 0 radical (unpaired) electrons. The summed E-state index contributed by atoms with van der Waals surface area (Å²) in [6.45, 7) is 3.21. The van der Waals surface area contributed by atoms with Crippen molar-refractivity contribution in [2.75, 3.05) is 0 Å². The van der Waals surface area contributed by atoms with E-state index in [-0.39, 0.29) is 23.2 Å². The molecule has 13 heavy (non-hydrogen) atoms. The molecule has 1 unspecified atom stereocenters. The summed E-state index contributed by atoms with van der Waals surface area (Å²) in [6, 6.07) is 4.19. The highest BCUT2D eigenvalue weighted by molar-refractivity contribution is 5.83. The maximum absolute atomic E-state index is 11.0. The van der Waals surface area contributed by atoms with Gasteiger partial charge in [0.2, 0.25) is 0 Å². The second-order valence-electron chi connectivity index (χ2n) is 3.12. The van der Waals surface area contributed by atoms with Crippen LogP contribution in [-0.2, 0) is 4.79 Å². The lowest BCUT2D eigenvalue weighted by Crippen LogP contribution is -2.03. The standard InChI is InChI=1S/C10H12O3/c1-6(7(2)11)8-3-9(12)5-10(13)4-8/h3-6,12-13H,1-2H3. The monoisotopic (exact) mass is 180 g/mol. The highest BCUT2D eigenvalue weighted by Crippen LogP contribution is 2.26. The summed E-state index contributed by atoms with van der Waals surface area (Å²) in [5.74, 6) is -0.339. The van der Waals surface area contributed by atoms with Gasteiger partial charge in [0.25, 0.3) is 0 Å². The quantitative estimate of drug-likeness (QED) is 0.729. The average Bonchev–Trinajstić information content (AvgIpc) is 2.01. The van der Waals surface area contributed by atoms with Gasteiger partial charge in [-0.1, -0.05) is 6.92 Å². The van der Waals surface area contributed by atoms with Gasteiger partial charge in [-0.2, -0.15) is 0 Å². The fourth-order valence-electron chi connectivity index (χ4n) is 1.10. The Morgan fingerprint density at radius 3 is 2.08 bits per heavy atom. The lowest BCUT2D eigenvalue weighted by atomic mass is 9.97. The molecular formula is C10H12O3. The predicted molar refractivity (Wildman–Crippen MR) is 48.9 cm³/mol. The Labute approximate surface area is 76.6 Å². The Morgan fingerprint density at radius 2 is 1.69 bits per heavy atom. The van der Waals surface area contributed by atoms with E-state index in [0.717, 1.165) is 0 Å². The molecule has 0 spiro atoms. The third kappa shape index (κ3) is 2.21. The van der Waals surface area contributed by atoms with E-state index in [0.29, 0.717) is 5.56 Å². The second-order valence-corrected chi connectivity index (χ2v) is 3.12. The molecule has 1 atom stereocenters. The molecule has 3 heteroatoms. The van der Waals surface area contributed by atoms with Crippen LogP contribution in [0.15, 0.2) is 18.2 Å². The van der Waals surface area contributed by atoms with Gasteiger partial charge >= 0.3 is 0 Å². The molecular weight excluding hydrogens is 168 g/mol. The fraction of sp³-hybridized carbons (Fsp3) is 0.300. The zero-order valence-corrected chi connectivity index (χ0v) is 7.61. The minimum Gasteiger partial charge on any atom is -0.508 e. The van der Waals surface area contributed by atoms with Crippen molar-refractivity contribution in [2.24, 2.45) is 0 Å². The van der Waals surface area contributed by atoms with Gasteiger partial charge in [0, 0.05) is 12.0 Å². The number of carbonyl (C=O) groups is 1. The van der Waals surface area contributed by atoms with Gasteiger partial charge in [0.15, 0.2) is 0 Å². The molecule has 0 aliphatic rings. The Bertz CT molecular complexity index is 311. The molecule has 0 heterocycles. The van der Waals surface area contributed by atoms with Crippen LogP contribution in [0.5, 0.6) is 11.5 Å². The largest absolute Gasteiger partial charge is 0.508 e. The van der Waals surface area contributed by atoms with Crippen molar-refractivity contribution in [3.8, 4) is 11.5 Å². The number of phenols is 2. The summed E-state index contributed by atoms with van der Waals surface area (Å²) in [4.78, 5) is 11.0. The normalized spacial score (nSPS) is 12.5. The van der Waals surface area contributed by atoms with Crippen LogP contribution in [0.2, 0.25) is 0 Å². The van der Waals surface area contributed by atoms with Gasteiger partial charge in [0.1, 0.15) is 17.3 Å². The predicted octanol–water partition coefficient (Wildman–Crippen LogP) is 1.79. The molecule has 70 valence electrons. The molecule has 1 rings (SSSR count). The van der Waals surface area contributed by atoms with Crippen molar-refractivity contribution < 1.29 is 15.0 Å². The zero-order valence-electron chi connectivity index (χ0n) is 7.61. The minimum absolute atomic E-state index is 0.00463. The van der Waals surface area contributed by atoms with Crippen LogP contribution in [-0.4, -0.2) is 16.0 Å². The van der Waals surface area contributed by atoms with E-state index >= 15 is 0 Å². The minimum atomic E-state index is -0.294. The Balaban J connectivity index is 3.07. The van der Waals surface area contributed by atoms with E-state index in [2.05, 4.69) is 0 Å². The lowest BCUT2D eigenvalue weighted by molar-refractivity contribution is -0.118. The van der Waals surface area contributed by atoms with Gasteiger partial charge in [-0.3, -0.25) is 4.79 Å². The fourth-order valence-corrected chi connectivity index (χ4v) is 1.10. The van der Waals surface area contributed by atoms with Gasteiger partial charge in [-0.05, 0) is 24.6 Å². The van der Waals surface area contributed by atoms with Crippen LogP contribution >= 0.6 is 0 Å². The molecule has 0 saturated heterocycles. The third-order valence-corrected chi connectivity index (χ3v) is 2.03. The number of ketones is 1. The summed E-state index contributed by atoms with van der Waals surface area (Å²) < 4.78 is 0. The summed E-state index contributed by atoms with van der Waals surface area (Å²) in [5, 5.41) is 18.3. The van der Waals surface area contributed by atoms with E-state index in [1.807, 2.05) is 0 Å². The molecule has 3 nitrogen and oxygen atoms in total. The third-order valence-electron chi connectivity index (χ3n) is 2.03. The highest BCUT2D eigenvalue weighted by Gasteiger charge is 2.11. The summed E-state index contributed by atoms with van der Waals surface area (Å²) >= 11 is 0. The molecule has 0 aliphatic carbocycles. The van der Waals surface area contributed by atoms with Crippen molar-refractivity contribution >= 4 is 5.78 Å². The summed E-state index contributed by atoms with van der Waals surface area (Å²) in [6.07, 6.45) is 0. The second kappa shape index (κ2) is 3.47. The molecule has 0 saturated carbocycles. The SMILES string of the molecule is CC(=O)C(C)c1cc(O)cc(O)c1. The van der Waals surface area contributed by atoms with Crippen LogP contribution in [0.4, 0.5) is 0 Å². The number of hydrogen-bond acceptors (Lipinski definition) is 3. The Kier molecular flexibility index (Phi) is 2.56. The zero-order chi connectivity index (χ0) is 10.0. The first kappa shape index (κ1) is 9.58. The Morgan fingerprint density at radius 1 is 1.23 bits per heavy atom. The molecule has 1 aromatic carbocycles. The van der Waals surface area contributed by atoms with Gasteiger partial charge in [-0.25, -0.2) is 0 Å². The van der Waals surface area contributed by atoms with Crippen LogP contribution < -0.4 is 0 Å². The maximum Gasteiger partial charge on any atom is 0.136 e. The van der Waals surface area contributed by atoms with Crippen molar-refractivity contribution in [3.05, 3.63) is 23.8 Å². The van der Waals surface area contributed by atoms with Crippen LogP contribution in [0.3, 0.4) is 0 Å². The van der Waals surface area contributed by atoms with Crippen LogP contribution in [0.25, 0.3) is 0 Å². The molecule has 1 aromatic rings. The van der Waals surface area contributed by atoms with Gasteiger partial charge in [0.05, 0.1) is 0 Å². The van der Waals surface area contributed by atoms with E-state index in [1.54, 1.807) is 6.92 Å². The first-order valence-corrected chi connectivity index (χ1v) is 4.04. The number of rotatable bonds is 2. The smallest absolute Gasteiger partial charge is 0.136 e. The number of Topliss-reactive ketones (excluding diaryl/α,β-unsaturated/α-hetero) is 1. The van der Waals surface area contributed by atoms with E-state index in [4.69, 9.17) is 10.2 Å². The van der Waals surface area contributed by atoms with Crippen molar-refractivity contribution in [1.29, 1.82) is 0 Å². The number of hydrogen-bond donors (Lipinski definition) is 2. The lowest BCUT2D eigenvalue weighted by Gasteiger charge is -2.08. The van der Waals surface area contributed by atoms with E-state index in [9.17, 15) is 4.79 Å².